The Kier molecular flexibility index (Phi) is 4.80. The van der Waals surface area contributed by atoms with Crippen LogP contribution in [0.25, 0.3) is 16.3 Å². The smallest absolute Gasteiger partial charge is 0.271 e. The number of nitrogens with zero attached hydrogens (tertiary/aromatic N) is 1. The van der Waals surface area contributed by atoms with Crippen molar-refractivity contribution >= 4 is 56.7 Å². The van der Waals surface area contributed by atoms with Gasteiger partial charge in [0.05, 0.1) is 21.0 Å². The third kappa shape index (κ3) is 3.28. The van der Waals surface area contributed by atoms with Gasteiger partial charge >= 0.3 is 0 Å². The first-order chi connectivity index (χ1) is 15.2. The van der Waals surface area contributed by atoms with Gasteiger partial charge in [0, 0.05) is 40.9 Å². The summed E-state index contributed by atoms with van der Waals surface area (Å²) in [6.45, 7) is 4.18. The lowest BCUT2D eigenvalue weighted by molar-refractivity contribution is -0.384. The number of carbonyl (C=O) groups is 1. The van der Waals surface area contributed by atoms with E-state index >= 15 is 0 Å². The lowest BCUT2D eigenvalue weighted by Gasteiger charge is -2.40. The molecular weight excluding hydrogens is 447 g/mol. The minimum absolute atomic E-state index is 0.0195. The number of carbonyl (C=O) groups excluding carboxylic acids is 1. The lowest BCUT2D eigenvalue weighted by atomic mass is 9.68. The molecule has 1 atom stereocenters. The number of nitro groups is 1. The monoisotopic (exact) mass is 466 g/mol. The molecule has 1 aliphatic heterocycles. The lowest BCUT2D eigenvalue weighted by Crippen LogP contribution is -2.33. The second kappa shape index (κ2) is 7.32. The summed E-state index contributed by atoms with van der Waals surface area (Å²) in [4.78, 5) is 24.5. The molecule has 1 N–H and O–H groups in total. The van der Waals surface area contributed by atoms with E-state index in [0.717, 1.165) is 27.6 Å². The van der Waals surface area contributed by atoms with Gasteiger partial charge in [-0.2, -0.15) is 0 Å². The molecule has 0 radical (unpaired) electrons. The molecule has 0 aromatic heterocycles. The molecule has 0 bridgehead atoms. The molecule has 1 unspecified atom stereocenters. The molecule has 162 valence electrons. The fourth-order valence-corrected chi connectivity index (χ4v) is 5.42. The summed E-state index contributed by atoms with van der Waals surface area (Å²) in [6, 6.07) is 14.1. The predicted molar refractivity (Wildman–Crippen MR) is 128 cm³/mol. The highest BCUT2D eigenvalue weighted by molar-refractivity contribution is 6.42. The van der Waals surface area contributed by atoms with Gasteiger partial charge in [-0.05, 0) is 34.2 Å². The van der Waals surface area contributed by atoms with E-state index in [1.165, 1.54) is 12.1 Å². The second-order valence-corrected chi connectivity index (χ2v) is 9.99. The number of hydrogen-bond acceptors (Lipinski definition) is 4. The number of rotatable bonds is 2. The maximum Gasteiger partial charge on any atom is 0.271 e. The van der Waals surface area contributed by atoms with Gasteiger partial charge in [0.15, 0.2) is 5.78 Å². The van der Waals surface area contributed by atoms with Crippen LogP contribution >= 0.6 is 23.2 Å². The molecule has 5 nitrogen and oxygen atoms in total. The van der Waals surface area contributed by atoms with Gasteiger partial charge in [0.2, 0.25) is 0 Å². The molecule has 1 aliphatic carbocycles. The van der Waals surface area contributed by atoms with E-state index in [0.29, 0.717) is 24.0 Å². The third-order valence-electron chi connectivity index (χ3n) is 6.30. The average Bonchev–Trinajstić information content (AvgIpc) is 2.73. The summed E-state index contributed by atoms with van der Waals surface area (Å²) in [5, 5.41) is 17.4. The number of allylic oxidation sites excluding steroid dienone is 1. The summed E-state index contributed by atoms with van der Waals surface area (Å²) in [5.74, 6) is 0.0195. The molecule has 3 aromatic rings. The van der Waals surface area contributed by atoms with E-state index in [2.05, 4.69) is 31.3 Å². The van der Waals surface area contributed by atoms with Gasteiger partial charge < -0.3 is 5.32 Å². The zero-order chi connectivity index (χ0) is 22.8. The van der Waals surface area contributed by atoms with Crippen LogP contribution in [0.4, 0.5) is 11.4 Å². The van der Waals surface area contributed by atoms with Crippen molar-refractivity contribution in [1.29, 1.82) is 0 Å². The van der Waals surface area contributed by atoms with Crippen molar-refractivity contribution < 1.29 is 9.72 Å². The molecule has 0 saturated heterocycles. The zero-order valence-corrected chi connectivity index (χ0v) is 19.1. The van der Waals surface area contributed by atoms with Crippen molar-refractivity contribution in [3.8, 4) is 0 Å². The Bertz CT molecular complexity index is 1360. The van der Waals surface area contributed by atoms with E-state index < -0.39 is 11.0 Å². The number of fused-ring (bicyclic) bond motifs is 4. The van der Waals surface area contributed by atoms with E-state index in [9.17, 15) is 14.9 Å². The molecule has 0 fully saturated rings. The van der Waals surface area contributed by atoms with E-state index in [-0.39, 0.29) is 26.9 Å². The number of halogens is 2. The van der Waals surface area contributed by atoms with Gasteiger partial charge in [0.25, 0.3) is 5.69 Å². The van der Waals surface area contributed by atoms with Crippen molar-refractivity contribution in [3.05, 3.63) is 85.4 Å². The van der Waals surface area contributed by atoms with Crippen LogP contribution in [0.2, 0.25) is 10.0 Å². The molecule has 3 aromatic carbocycles. The van der Waals surface area contributed by atoms with Crippen LogP contribution in [0.5, 0.6) is 0 Å². The Balaban J connectivity index is 1.82. The highest BCUT2D eigenvalue weighted by Crippen LogP contribution is 2.53. The minimum Gasteiger partial charge on any atom is -0.373 e. The first-order valence-electron chi connectivity index (χ1n) is 10.3. The van der Waals surface area contributed by atoms with Crippen molar-refractivity contribution in [2.45, 2.75) is 32.7 Å². The standard InChI is InChI=1S/C25H20Cl2N2O3/c1-25(2)11-17-21-15-6-4-3-5-13(15)7-8-19(21)28-24(22(17)20(30)12-25)16-9-14(29(31)32)10-18(26)23(16)27/h3-10,24,28H,11-12H2,1-2H3. The van der Waals surface area contributed by atoms with Crippen LogP contribution in [0.3, 0.4) is 0 Å². The highest BCUT2D eigenvalue weighted by atomic mass is 35.5. The number of Topliss-reactive ketones (excluding diaryl/α,β-unsaturated/α-hetero) is 1. The Morgan fingerprint density at radius 2 is 1.84 bits per heavy atom. The summed E-state index contributed by atoms with van der Waals surface area (Å²) >= 11 is 12.8. The maximum absolute atomic E-state index is 13.5. The SMILES string of the molecule is CC1(C)CC(=O)C2=C(C1)c1c(ccc3ccccc13)NC2c1cc([N+](=O)[O-])cc(Cl)c1Cl. The molecule has 7 heteroatoms. The number of anilines is 1. The molecule has 1 heterocycles. The fourth-order valence-electron chi connectivity index (χ4n) is 4.98. The summed E-state index contributed by atoms with van der Waals surface area (Å²) < 4.78 is 0. The Morgan fingerprint density at radius 1 is 1.09 bits per heavy atom. The van der Waals surface area contributed by atoms with Crippen LogP contribution in [0, 0.1) is 15.5 Å². The number of ketones is 1. The molecule has 0 amide bonds. The number of hydrogen-bond donors (Lipinski definition) is 1. The van der Waals surface area contributed by atoms with Crippen molar-refractivity contribution in [3.63, 3.8) is 0 Å². The quantitative estimate of drug-likeness (QED) is 0.316. The third-order valence-corrected chi connectivity index (χ3v) is 7.12. The summed E-state index contributed by atoms with van der Waals surface area (Å²) in [5.41, 5.74) is 3.55. The van der Waals surface area contributed by atoms with Crippen LogP contribution < -0.4 is 5.32 Å². The van der Waals surface area contributed by atoms with E-state index in [1.807, 2.05) is 24.3 Å². The predicted octanol–water partition coefficient (Wildman–Crippen LogP) is 7.36. The average molecular weight is 467 g/mol. The van der Waals surface area contributed by atoms with Crippen LogP contribution in [0.15, 0.2) is 54.1 Å². The fraction of sp³-hybridized carbons (Fsp3) is 0.240. The second-order valence-electron chi connectivity index (χ2n) is 9.21. The zero-order valence-electron chi connectivity index (χ0n) is 17.5. The largest absolute Gasteiger partial charge is 0.373 e. The van der Waals surface area contributed by atoms with E-state index in [4.69, 9.17) is 23.2 Å². The molecule has 5 rings (SSSR count). The normalized spacial score (nSPS) is 19.4. The first-order valence-corrected chi connectivity index (χ1v) is 11.1. The van der Waals surface area contributed by atoms with Gasteiger partial charge in [-0.25, -0.2) is 0 Å². The van der Waals surface area contributed by atoms with Gasteiger partial charge in [0.1, 0.15) is 0 Å². The molecule has 0 saturated carbocycles. The van der Waals surface area contributed by atoms with Crippen LogP contribution in [-0.4, -0.2) is 10.7 Å². The molecular formula is C25H20Cl2N2O3. The van der Waals surface area contributed by atoms with Crippen molar-refractivity contribution in [1.82, 2.24) is 0 Å². The maximum atomic E-state index is 13.5. The van der Waals surface area contributed by atoms with Crippen LogP contribution in [0.1, 0.15) is 43.9 Å². The Morgan fingerprint density at radius 3 is 2.59 bits per heavy atom. The van der Waals surface area contributed by atoms with Gasteiger partial charge in [-0.1, -0.05) is 67.4 Å². The number of nitro benzene ring substituents is 1. The summed E-state index contributed by atoms with van der Waals surface area (Å²) in [7, 11) is 0. The van der Waals surface area contributed by atoms with Crippen molar-refractivity contribution in [2.24, 2.45) is 5.41 Å². The van der Waals surface area contributed by atoms with Crippen molar-refractivity contribution in [2.75, 3.05) is 5.32 Å². The topological polar surface area (TPSA) is 72.2 Å². The van der Waals surface area contributed by atoms with E-state index in [1.54, 1.807) is 0 Å². The minimum atomic E-state index is -0.618. The summed E-state index contributed by atoms with van der Waals surface area (Å²) in [6.07, 6.45) is 1.11. The first kappa shape index (κ1) is 21.0. The molecule has 0 spiro atoms. The molecule has 32 heavy (non-hydrogen) atoms. The number of nitrogens with one attached hydrogen (secondary N) is 1. The number of non-ortho nitro benzene ring substituents is 1. The Hall–Kier alpha value is -2.89. The number of benzene rings is 3. The van der Waals surface area contributed by atoms with Gasteiger partial charge in [-0.3, -0.25) is 14.9 Å². The van der Waals surface area contributed by atoms with Crippen LogP contribution in [-0.2, 0) is 4.79 Å². The highest BCUT2D eigenvalue weighted by Gasteiger charge is 2.41. The van der Waals surface area contributed by atoms with Gasteiger partial charge in [-0.15, -0.1) is 0 Å². The molecule has 2 aliphatic rings. The Labute approximate surface area is 195 Å².